The average molecular weight is 410 g/mol. The number of nitrogens with zero attached hydrogens (tertiary/aromatic N) is 4. The molecule has 4 aromatic rings. The first-order valence-corrected chi connectivity index (χ1v) is 10.5. The number of benzene rings is 3. The minimum atomic E-state index is -0.236. The quantitative estimate of drug-likeness (QED) is 0.459. The van der Waals surface area contributed by atoms with Gasteiger partial charge in [-0.25, -0.2) is 14.4 Å². The second kappa shape index (κ2) is 8.56. The molecule has 0 radical (unpaired) electrons. The van der Waals surface area contributed by atoms with E-state index in [0.29, 0.717) is 0 Å². The van der Waals surface area contributed by atoms with Crippen LogP contribution in [0, 0.1) is 5.82 Å². The zero-order valence-electron chi connectivity index (χ0n) is 17.2. The molecule has 0 aliphatic carbocycles. The van der Waals surface area contributed by atoms with Crippen molar-refractivity contribution in [3.05, 3.63) is 95.9 Å². The molecule has 3 aromatic carbocycles. The normalized spacial score (nSPS) is 14.5. The van der Waals surface area contributed by atoms with Gasteiger partial charge in [-0.3, -0.25) is 0 Å². The van der Waals surface area contributed by atoms with E-state index in [0.717, 1.165) is 54.3 Å². The van der Waals surface area contributed by atoms with Crippen LogP contribution in [0.4, 0.5) is 15.9 Å². The Morgan fingerprint density at radius 1 is 0.645 bits per heavy atom. The van der Waals surface area contributed by atoms with Crippen LogP contribution in [-0.4, -0.2) is 36.1 Å². The number of piperazine rings is 1. The third kappa shape index (κ3) is 4.26. The summed E-state index contributed by atoms with van der Waals surface area (Å²) < 4.78 is 13.2. The molecule has 5 rings (SSSR count). The van der Waals surface area contributed by atoms with Gasteiger partial charge < -0.3 is 9.80 Å². The predicted molar refractivity (Wildman–Crippen MR) is 126 cm³/mol. The first-order chi connectivity index (χ1) is 15.3. The zero-order chi connectivity index (χ0) is 21.0. The Morgan fingerprint density at radius 2 is 1.26 bits per heavy atom. The van der Waals surface area contributed by atoms with Gasteiger partial charge in [-0.1, -0.05) is 48.5 Å². The maximum absolute atomic E-state index is 13.2. The molecular weight excluding hydrogens is 387 g/mol. The highest BCUT2D eigenvalue weighted by Crippen LogP contribution is 2.25. The highest BCUT2D eigenvalue weighted by molar-refractivity contribution is 5.82. The summed E-state index contributed by atoms with van der Waals surface area (Å²) in [5, 5.41) is 0. The van der Waals surface area contributed by atoms with E-state index in [2.05, 4.69) is 34.1 Å². The Bertz CT molecular complexity index is 1200. The van der Waals surface area contributed by atoms with Crippen LogP contribution in [0.25, 0.3) is 23.2 Å². The smallest absolute Gasteiger partial charge is 0.155 e. The third-order valence-electron chi connectivity index (χ3n) is 5.58. The molecule has 0 saturated carbocycles. The second-order valence-corrected chi connectivity index (χ2v) is 7.62. The predicted octanol–water partition coefficient (Wildman–Crippen LogP) is 5.27. The van der Waals surface area contributed by atoms with Crippen molar-refractivity contribution in [2.75, 3.05) is 36.0 Å². The first kappa shape index (κ1) is 19.2. The van der Waals surface area contributed by atoms with Crippen LogP contribution in [0.1, 0.15) is 11.3 Å². The molecule has 1 aliphatic heterocycles. The molecule has 1 aromatic heterocycles. The fourth-order valence-electron chi connectivity index (χ4n) is 3.91. The molecule has 154 valence electrons. The van der Waals surface area contributed by atoms with Gasteiger partial charge in [-0.05, 0) is 48.0 Å². The number of anilines is 2. The summed E-state index contributed by atoms with van der Waals surface area (Å²) in [4.78, 5) is 14.5. The van der Waals surface area contributed by atoms with E-state index >= 15 is 0 Å². The second-order valence-electron chi connectivity index (χ2n) is 7.62. The van der Waals surface area contributed by atoms with E-state index in [9.17, 15) is 4.39 Å². The van der Waals surface area contributed by atoms with E-state index in [-0.39, 0.29) is 5.82 Å². The van der Waals surface area contributed by atoms with Crippen molar-refractivity contribution in [2.24, 2.45) is 0 Å². The lowest BCUT2D eigenvalue weighted by atomic mass is 10.2. The molecule has 5 heteroatoms. The van der Waals surface area contributed by atoms with Crippen LogP contribution in [0.2, 0.25) is 0 Å². The maximum Gasteiger partial charge on any atom is 0.155 e. The molecule has 1 aliphatic rings. The average Bonchev–Trinajstić information content (AvgIpc) is 2.84. The van der Waals surface area contributed by atoms with Crippen LogP contribution >= 0.6 is 0 Å². The molecule has 2 heterocycles. The summed E-state index contributed by atoms with van der Waals surface area (Å²) in [5.74, 6) is 0.657. The molecule has 0 atom stereocenters. The summed E-state index contributed by atoms with van der Waals surface area (Å²) in [7, 11) is 0. The van der Waals surface area contributed by atoms with Gasteiger partial charge in [0.1, 0.15) is 11.5 Å². The molecule has 4 nitrogen and oxygen atoms in total. The number of fused-ring (bicyclic) bond motifs is 1. The highest BCUT2D eigenvalue weighted by Gasteiger charge is 2.21. The standard InChI is InChI=1S/C26H23FN4/c27-21-13-10-20(11-14-21)12-15-25-26(29-24-9-5-4-8-23(24)28-25)31-18-16-30(17-19-31)22-6-2-1-3-7-22/h1-15H,16-19H2/b15-12+. The minimum absolute atomic E-state index is 0.236. The van der Waals surface area contributed by atoms with E-state index < -0.39 is 0 Å². The fourth-order valence-corrected chi connectivity index (χ4v) is 3.91. The van der Waals surface area contributed by atoms with E-state index in [1.165, 1.54) is 17.8 Å². The van der Waals surface area contributed by atoms with Gasteiger partial charge in [0.15, 0.2) is 5.82 Å². The highest BCUT2D eigenvalue weighted by atomic mass is 19.1. The van der Waals surface area contributed by atoms with Gasteiger partial charge >= 0.3 is 0 Å². The van der Waals surface area contributed by atoms with Crippen molar-refractivity contribution in [3.63, 3.8) is 0 Å². The van der Waals surface area contributed by atoms with Crippen LogP contribution in [-0.2, 0) is 0 Å². The summed E-state index contributed by atoms with van der Waals surface area (Å²) >= 11 is 0. The number of rotatable bonds is 4. The number of halogens is 1. The van der Waals surface area contributed by atoms with Crippen LogP contribution in [0.5, 0.6) is 0 Å². The van der Waals surface area contributed by atoms with Crippen molar-refractivity contribution < 1.29 is 4.39 Å². The first-order valence-electron chi connectivity index (χ1n) is 10.5. The molecule has 0 spiro atoms. The lowest BCUT2D eigenvalue weighted by Gasteiger charge is -2.37. The summed E-state index contributed by atoms with van der Waals surface area (Å²) in [5.41, 5.74) is 4.77. The fraction of sp³-hybridized carbons (Fsp3) is 0.154. The number of aromatic nitrogens is 2. The van der Waals surface area contributed by atoms with Gasteiger partial charge in [0.2, 0.25) is 0 Å². The maximum atomic E-state index is 13.2. The van der Waals surface area contributed by atoms with Crippen LogP contribution in [0.15, 0.2) is 78.9 Å². The lowest BCUT2D eigenvalue weighted by Crippen LogP contribution is -2.47. The summed E-state index contributed by atoms with van der Waals surface area (Å²) in [6.45, 7) is 3.61. The largest absolute Gasteiger partial charge is 0.368 e. The molecular formula is C26H23FN4. The molecule has 1 saturated heterocycles. The Kier molecular flexibility index (Phi) is 5.31. The van der Waals surface area contributed by atoms with E-state index in [1.54, 1.807) is 12.1 Å². The number of hydrogen-bond acceptors (Lipinski definition) is 4. The Hall–Kier alpha value is -3.73. The van der Waals surface area contributed by atoms with Gasteiger partial charge in [0.25, 0.3) is 0 Å². The van der Waals surface area contributed by atoms with E-state index in [1.807, 2.05) is 42.5 Å². The number of hydrogen-bond donors (Lipinski definition) is 0. The van der Waals surface area contributed by atoms with Gasteiger partial charge in [0.05, 0.1) is 11.0 Å². The molecule has 0 unspecified atom stereocenters. The minimum Gasteiger partial charge on any atom is -0.368 e. The van der Waals surface area contributed by atoms with Crippen molar-refractivity contribution in [2.45, 2.75) is 0 Å². The zero-order valence-corrected chi connectivity index (χ0v) is 17.2. The molecule has 0 bridgehead atoms. The molecule has 1 fully saturated rings. The van der Waals surface area contributed by atoms with Gasteiger partial charge in [-0.2, -0.15) is 0 Å². The van der Waals surface area contributed by atoms with Gasteiger partial charge in [0, 0.05) is 31.9 Å². The van der Waals surface area contributed by atoms with Crippen molar-refractivity contribution in [3.8, 4) is 0 Å². The van der Waals surface area contributed by atoms with Crippen molar-refractivity contribution in [1.82, 2.24) is 9.97 Å². The Balaban J connectivity index is 1.44. The Labute approximate surface area is 181 Å². The molecule has 31 heavy (non-hydrogen) atoms. The summed E-state index contributed by atoms with van der Waals surface area (Å²) in [6, 6.07) is 24.9. The molecule has 0 N–H and O–H groups in total. The lowest BCUT2D eigenvalue weighted by molar-refractivity contribution is 0.628. The third-order valence-corrected chi connectivity index (χ3v) is 5.58. The van der Waals surface area contributed by atoms with Crippen molar-refractivity contribution >= 4 is 34.7 Å². The Morgan fingerprint density at radius 3 is 1.97 bits per heavy atom. The van der Waals surface area contributed by atoms with Gasteiger partial charge in [-0.15, -0.1) is 0 Å². The van der Waals surface area contributed by atoms with E-state index in [4.69, 9.17) is 9.97 Å². The van der Waals surface area contributed by atoms with Crippen molar-refractivity contribution in [1.29, 1.82) is 0 Å². The monoisotopic (exact) mass is 410 g/mol. The number of para-hydroxylation sites is 3. The molecule has 0 amide bonds. The van der Waals surface area contributed by atoms with Crippen LogP contribution < -0.4 is 9.80 Å². The topological polar surface area (TPSA) is 32.3 Å². The van der Waals surface area contributed by atoms with Crippen LogP contribution in [0.3, 0.4) is 0 Å². The summed E-state index contributed by atoms with van der Waals surface area (Å²) in [6.07, 6.45) is 3.94. The SMILES string of the molecule is Fc1ccc(/C=C/c2nc3ccccc3nc2N2CCN(c3ccccc3)CC2)cc1.